The fourth-order valence-corrected chi connectivity index (χ4v) is 3.24. The lowest BCUT2D eigenvalue weighted by Gasteiger charge is -2.35. The minimum absolute atomic E-state index is 0.404. The predicted molar refractivity (Wildman–Crippen MR) is 66.4 cm³/mol. The Labute approximate surface area is 98.6 Å². The molecular formula is C12H15BrN2. The third-order valence-corrected chi connectivity index (χ3v) is 4.21. The minimum atomic E-state index is 0.404. The largest absolute Gasteiger partial charge is 0.385 e. The Morgan fingerprint density at radius 3 is 2.87 bits per heavy atom. The molecule has 2 aliphatic rings. The van der Waals surface area contributed by atoms with Crippen LogP contribution in [0.3, 0.4) is 0 Å². The Morgan fingerprint density at radius 1 is 1.20 bits per heavy atom. The van der Waals surface area contributed by atoms with Crippen molar-refractivity contribution in [3.05, 3.63) is 28.2 Å². The van der Waals surface area contributed by atoms with E-state index in [0.717, 1.165) is 24.1 Å². The van der Waals surface area contributed by atoms with Gasteiger partial charge in [0.15, 0.2) is 0 Å². The van der Waals surface area contributed by atoms with Crippen molar-refractivity contribution in [1.82, 2.24) is 5.32 Å². The molecule has 3 rings (SSSR count). The van der Waals surface area contributed by atoms with E-state index in [2.05, 4.69) is 44.8 Å². The Balaban J connectivity index is 2.10. The van der Waals surface area contributed by atoms with Gasteiger partial charge in [-0.2, -0.15) is 0 Å². The number of anilines is 1. The van der Waals surface area contributed by atoms with Gasteiger partial charge in [0, 0.05) is 28.7 Å². The molecule has 0 amide bonds. The Hall–Kier alpha value is -0.540. The van der Waals surface area contributed by atoms with E-state index in [4.69, 9.17) is 0 Å². The maximum atomic E-state index is 3.53. The lowest BCUT2D eigenvalue weighted by Crippen LogP contribution is -2.35. The topological polar surface area (TPSA) is 24.1 Å². The molecule has 2 nitrogen and oxygen atoms in total. The average Bonchev–Trinajstić information content (AvgIpc) is 2.67. The predicted octanol–water partition coefficient (Wildman–Crippen LogP) is 2.50. The molecule has 1 aromatic rings. The standard InChI is InChI=1S/C12H15BrN2/c13-9-1-2-10-11(7-9)15-6-4-12(10)3-5-14-8-12/h1-2,7,14-15H,3-6,8H2. The summed E-state index contributed by atoms with van der Waals surface area (Å²) in [6.07, 6.45) is 2.54. The monoisotopic (exact) mass is 266 g/mol. The summed E-state index contributed by atoms with van der Waals surface area (Å²) in [5.74, 6) is 0. The molecule has 80 valence electrons. The van der Waals surface area contributed by atoms with Gasteiger partial charge in [-0.3, -0.25) is 0 Å². The van der Waals surface area contributed by atoms with Crippen molar-refractivity contribution < 1.29 is 0 Å². The summed E-state index contributed by atoms with van der Waals surface area (Å²) in [7, 11) is 0. The van der Waals surface area contributed by atoms with Crippen LogP contribution in [0.25, 0.3) is 0 Å². The normalized spacial score (nSPS) is 28.9. The van der Waals surface area contributed by atoms with Gasteiger partial charge in [-0.05, 0) is 37.1 Å². The summed E-state index contributed by atoms with van der Waals surface area (Å²) in [5, 5.41) is 7.00. The highest BCUT2D eigenvalue weighted by Crippen LogP contribution is 2.42. The van der Waals surface area contributed by atoms with Crippen LogP contribution in [0.2, 0.25) is 0 Å². The van der Waals surface area contributed by atoms with Gasteiger partial charge in [0.1, 0.15) is 0 Å². The van der Waals surface area contributed by atoms with E-state index in [9.17, 15) is 0 Å². The van der Waals surface area contributed by atoms with Gasteiger partial charge < -0.3 is 10.6 Å². The molecule has 0 radical (unpaired) electrons. The lowest BCUT2D eigenvalue weighted by molar-refractivity contribution is 0.434. The molecule has 0 aromatic heterocycles. The summed E-state index contributed by atoms with van der Waals surface area (Å²) in [6, 6.07) is 6.64. The summed E-state index contributed by atoms with van der Waals surface area (Å²) >= 11 is 3.53. The molecule has 2 heterocycles. The number of hydrogen-bond donors (Lipinski definition) is 2. The van der Waals surface area contributed by atoms with Crippen LogP contribution in [0.5, 0.6) is 0 Å². The van der Waals surface area contributed by atoms with Gasteiger partial charge in [0.25, 0.3) is 0 Å². The summed E-state index contributed by atoms with van der Waals surface area (Å²) in [4.78, 5) is 0. The first-order valence-corrected chi connectivity index (χ1v) is 6.34. The van der Waals surface area contributed by atoms with Crippen LogP contribution in [-0.2, 0) is 5.41 Å². The highest BCUT2D eigenvalue weighted by atomic mass is 79.9. The van der Waals surface area contributed by atoms with E-state index in [1.807, 2.05) is 0 Å². The zero-order valence-corrected chi connectivity index (χ0v) is 10.2. The molecule has 1 saturated heterocycles. The van der Waals surface area contributed by atoms with E-state index in [-0.39, 0.29) is 0 Å². The molecule has 0 aliphatic carbocycles. The van der Waals surface area contributed by atoms with Crippen LogP contribution < -0.4 is 10.6 Å². The number of hydrogen-bond acceptors (Lipinski definition) is 2. The zero-order chi connectivity index (χ0) is 10.3. The Kier molecular flexibility index (Phi) is 2.25. The van der Waals surface area contributed by atoms with Gasteiger partial charge in [0.05, 0.1) is 0 Å². The quantitative estimate of drug-likeness (QED) is 0.754. The smallest absolute Gasteiger partial charge is 0.0390 e. The lowest BCUT2D eigenvalue weighted by atomic mass is 9.74. The van der Waals surface area contributed by atoms with Crippen molar-refractivity contribution in [2.24, 2.45) is 0 Å². The highest BCUT2D eigenvalue weighted by molar-refractivity contribution is 9.10. The van der Waals surface area contributed by atoms with Crippen LogP contribution in [0.4, 0.5) is 5.69 Å². The summed E-state index contributed by atoms with van der Waals surface area (Å²) < 4.78 is 1.16. The molecule has 2 N–H and O–H groups in total. The van der Waals surface area contributed by atoms with Crippen LogP contribution in [0.15, 0.2) is 22.7 Å². The van der Waals surface area contributed by atoms with E-state index in [1.54, 1.807) is 0 Å². The molecular weight excluding hydrogens is 252 g/mol. The molecule has 1 unspecified atom stereocenters. The maximum absolute atomic E-state index is 3.53. The van der Waals surface area contributed by atoms with E-state index in [1.165, 1.54) is 24.1 Å². The molecule has 1 spiro atoms. The molecule has 2 aliphatic heterocycles. The fourth-order valence-electron chi connectivity index (χ4n) is 2.88. The third-order valence-electron chi connectivity index (χ3n) is 3.72. The van der Waals surface area contributed by atoms with E-state index >= 15 is 0 Å². The van der Waals surface area contributed by atoms with E-state index < -0.39 is 0 Å². The second kappa shape index (κ2) is 3.49. The van der Waals surface area contributed by atoms with Crippen molar-refractivity contribution in [3.63, 3.8) is 0 Å². The van der Waals surface area contributed by atoms with E-state index in [0.29, 0.717) is 5.41 Å². The number of nitrogens with one attached hydrogen (secondary N) is 2. The summed E-state index contributed by atoms with van der Waals surface area (Å²) in [5.41, 5.74) is 3.22. The van der Waals surface area contributed by atoms with Crippen LogP contribution in [0, 0.1) is 0 Å². The fraction of sp³-hybridized carbons (Fsp3) is 0.500. The average molecular weight is 267 g/mol. The molecule has 0 bridgehead atoms. The van der Waals surface area contributed by atoms with Crippen molar-refractivity contribution >= 4 is 21.6 Å². The van der Waals surface area contributed by atoms with Gasteiger partial charge in [-0.1, -0.05) is 22.0 Å². The Morgan fingerprint density at radius 2 is 2.07 bits per heavy atom. The number of halogens is 1. The molecule has 1 fully saturated rings. The minimum Gasteiger partial charge on any atom is -0.385 e. The highest BCUT2D eigenvalue weighted by Gasteiger charge is 2.38. The first-order valence-electron chi connectivity index (χ1n) is 5.55. The van der Waals surface area contributed by atoms with Gasteiger partial charge in [0.2, 0.25) is 0 Å². The van der Waals surface area contributed by atoms with Gasteiger partial charge >= 0.3 is 0 Å². The zero-order valence-electron chi connectivity index (χ0n) is 8.65. The summed E-state index contributed by atoms with van der Waals surface area (Å²) in [6.45, 7) is 3.41. The van der Waals surface area contributed by atoms with Crippen molar-refractivity contribution in [2.75, 3.05) is 25.0 Å². The molecule has 1 aromatic carbocycles. The maximum Gasteiger partial charge on any atom is 0.0390 e. The van der Waals surface area contributed by atoms with Gasteiger partial charge in [-0.25, -0.2) is 0 Å². The molecule has 15 heavy (non-hydrogen) atoms. The second-order valence-corrected chi connectivity index (χ2v) is 5.49. The van der Waals surface area contributed by atoms with Crippen LogP contribution in [-0.4, -0.2) is 19.6 Å². The first kappa shape index (κ1) is 9.67. The van der Waals surface area contributed by atoms with Crippen LogP contribution >= 0.6 is 15.9 Å². The Bertz CT molecular complexity index is 383. The SMILES string of the molecule is Brc1ccc2c(c1)NCCC21CCNC1. The van der Waals surface area contributed by atoms with Gasteiger partial charge in [-0.15, -0.1) is 0 Å². The molecule has 3 heteroatoms. The molecule has 0 saturated carbocycles. The van der Waals surface area contributed by atoms with Crippen molar-refractivity contribution in [3.8, 4) is 0 Å². The first-order chi connectivity index (χ1) is 7.30. The number of rotatable bonds is 0. The van der Waals surface area contributed by atoms with Crippen LogP contribution in [0.1, 0.15) is 18.4 Å². The van der Waals surface area contributed by atoms with Crippen molar-refractivity contribution in [1.29, 1.82) is 0 Å². The second-order valence-electron chi connectivity index (χ2n) is 4.57. The molecule has 1 atom stereocenters. The number of benzene rings is 1. The van der Waals surface area contributed by atoms with Crippen molar-refractivity contribution in [2.45, 2.75) is 18.3 Å². The number of fused-ring (bicyclic) bond motifs is 2. The third kappa shape index (κ3) is 1.49.